The smallest absolute Gasteiger partial charge is 0.362 e. The number of aliphatic carboxylic acids is 3. The SMILES string of the molecule is CCCC/C=C/CCCC[N+](C(CC)C(=O)O)(C(CC)C(=O)O)C(CC)C(=O)O. The maximum atomic E-state index is 12.1. The summed E-state index contributed by atoms with van der Waals surface area (Å²) in [4.78, 5) is 36.3. The zero-order valence-electron chi connectivity index (χ0n) is 18.5. The molecule has 29 heavy (non-hydrogen) atoms. The van der Waals surface area contributed by atoms with Gasteiger partial charge in [-0.1, -0.05) is 52.7 Å². The zero-order chi connectivity index (χ0) is 22.4. The predicted octanol–water partition coefficient (Wildman–Crippen LogP) is 4.31. The van der Waals surface area contributed by atoms with Crippen LogP contribution >= 0.6 is 0 Å². The molecule has 0 rings (SSSR count). The third-order valence-electron chi connectivity index (χ3n) is 5.81. The summed E-state index contributed by atoms with van der Waals surface area (Å²) in [6.07, 6.45) is 10.2. The lowest BCUT2D eigenvalue weighted by atomic mass is 9.94. The van der Waals surface area contributed by atoms with Crippen molar-refractivity contribution in [1.29, 1.82) is 0 Å². The largest absolute Gasteiger partial charge is 0.477 e. The molecule has 0 aliphatic heterocycles. The second-order valence-electron chi connectivity index (χ2n) is 7.61. The Hall–Kier alpha value is -1.89. The highest BCUT2D eigenvalue weighted by atomic mass is 16.4. The van der Waals surface area contributed by atoms with Gasteiger partial charge in [-0.2, -0.15) is 0 Å². The molecule has 7 nitrogen and oxygen atoms in total. The van der Waals surface area contributed by atoms with Crippen molar-refractivity contribution in [2.45, 2.75) is 104 Å². The monoisotopic (exact) mass is 414 g/mol. The Morgan fingerprint density at radius 3 is 1.38 bits per heavy atom. The number of unbranched alkanes of at least 4 members (excludes halogenated alkanes) is 4. The molecule has 0 aromatic rings. The summed E-state index contributed by atoms with van der Waals surface area (Å²) in [5, 5.41) is 29.6. The predicted molar refractivity (Wildman–Crippen MR) is 113 cm³/mol. The van der Waals surface area contributed by atoms with Crippen LogP contribution in [0.25, 0.3) is 0 Å². The van der Waals surface area contributed by atoms with Crippen molar-refractivity contribution in [3.05, 3.63) is 12.2 Å². The Bertz CT molecular complexity index is 490. The van der Waals surface area contributed by atoms with E-state index in [1.54, 1.807) is 20.8 Å². The van der Waals surface area contributed by atoms with Crippen LogP contribution in [-0.2, 0) is 14.4 Å². The van der Waals surface area contributed by atoms with Gasteiger partial charge in [0.15, 0.2) is 18.1 Å². The third kappa shape index (κ3) is 7.46. The number of nitrogens with zero attached hydrogens (tertiary/aromatic N) is 1. The van der Waals surface area contributed by atoms with Gasteiger partial charge in [0.05, 0.1) is 6.54 Å². The number of carboxylic acids is 3. The molecule has 3 N–H and O–H groups in total. The van der Waals surface area contributed by atoms with E-state index in [1.165, 1.54) is 0 Å². The summed E-state index contributed by atoms with van der Waals surface area (Å²) < 4.78 is -0.428. The van der Waals surface area contributed by atoms with E-state index in [2.05, 4.69) is 19.1 Å². The number of allylic oxidation sites excluding steroid dienone is 2. The highest BCUT2D eigenvalue weighted by molar-refractivity contribution is 5.78. The van der Waals surface area contributed by atoms with E-state index in [1.807, 2.05) is 0 Å². The molecule has 0 amide bonds. The first-order valence-electron chi connectivity index (χ1n) is 10.9. The number of carbonyl (C=O) groups is 3. The average molecular weight is 415 g/mol. The minimum absolute atomic E-state index is 0.180. The number of carboxylic acid groups (broad SMARTS) is 3. The molecule has 3 atom stereocenters. The van der Waals surface area contributed by atoms with Crippen molar-refractivity contribution < 1.29 is 34.2 Å². The minimum Gasteiger partial charge on any atom is -0.477 e. The van der Waals surface area contributed by atoms with Crippen LogP contribution in [0.15, 0.2) is 12.2 Å². The third-order valence-corrected chi connectivity index (χ3v) is 5.81. The van der Waals surface area contributed by atoms with Gasteiger partial charge < -0.3 is 15.3 Å². The van der Waals surface area contributed by atoms with Gasteiger partial charge in [-0.3, -0.25) is 4.48 Å². The van der Waals surface area contributed by atoms with Crippen molar-refractivity contribution in [3.63, 3.8) is 0 Å². The van der Waals surface area contributed by atoms with Crippen LogP contribution in [0.1, 0.15) is 85.5 Å². The lowest BCUT2D eigenvalue weighted by Crippen LogP contribution is -2.72. The normalized spacial score (nSPS) is 16.8. The van der Waals surface area contributed by atoms with Gasteiger partial charge in [0.2, 0.25) is 0 Å². The van der Waals surface area contributed by atoms with Gasteiger partial charge >= 0.3 is 17.9 Å². The number of quaternary nitrogens is 1. The van der Waals surface area contributed by atoms with Crippen molar-refractivity contribution in [2.75, 3.05) is 6.54 Å². The highest BCUT2D eigenvalue weighted by Crippen LogP contribution is 2.32. The quantitative estimate of drug-likeness (QED) is 0.186. The van der Waals surface area contributed by atoms with Crippen LogP contribution in [-0.4, -0.2) is 62.4 Å². The molecule has 3 unspecified atom stereocenters. The number of rotatable bonds is 17. The first-order valence-corrected chi connectivity index (χ1v) is 10.9. The molecule has 0 aliphatic carbocycles. The van der Waals surface area contributed by atoms with E-state index in [0.29, 0.717) is 6.42 Å². The van der Waals surface area contributed by atoms with Crippen LogP contribution in [0.5, 0.6) is 0 Å². The lowest BCUT2D eigenvalue weighted by molar-refractivity contribution is -0.973. The average Bonchev–Trinajstić information content (AvgIpc) is 2.64. The van der Waals surface area contributed by atoms with E-state index in [-0.39, 0.29) is 25.8 Å². The molecule has 0 fully saturated rings. The van der Waals surface area contributed by atoms with E-state index in [9.17, 15) is 29.7 Å². The molecule has 0 heterocycles. The molecule has 0 aromatic carbocycles. The maximum Gasteiger partial charge on any atom is 0.362 e. The van der Waals surface area contributed by atoms with Crippen molar-refractivity contribution in [1.82, 2.24) is 0 Å². The van der Waals surface area contributed by atoms with Gasteiger partial charge in [0.25, 0.3) is 0 Å². The van der Waals surface area contributed by atoms with E-state index in [4.69, 9.17) is 0 Å². The molecule has 168 valence electrons. The summed E-state index contributed by atoms with van der Waals surface area (Å²) >= 11 is 0. The molecule has 0 aromatic heterocycles. The Labute approximate surface area is 175 Å². The van der Waals surface area contributed by atoms with Crippen LogP contribution in [0.2, 0.25) is 0 Å². The lowest BCUT2D eigenvalue weighted by Gasteiger charge is -2.49. The molecule has 0 spiro atoms. The molecular formula is C22H40NO6+. The van der Waals surface area contributed by atoms with Crippen LogP contribution < -0.4 is 0 Å². The Morgan fingerprint density at radius 1 is 0.690 bits per heavy atom. The van der Waals surface area contributed by atoms with Crippen LogP contribution in [0.3, 0.4) is 0 Å². The Kier molecular flexibility index (Phi) is 13.2. The summed E-state index contributed by atoms with van der Waals surface area (Å²) in [7, 11) is 0. The van der Waals surface area contributed by atoms with E-state index in [0.717, 1.165) is 32.1 Å². The molecule has 0 radical (unpaired) electrons. The van der Waals surface area contributed by atoms with Gasteiger partial charge in [-0.25, -0.2) is 14.4 Å². The molecule has 7 heteroatoms. The second-order valence-corrected chi connectivity index (χ2v) is 7.61. The van der Waals surface area contributed by atoms with E-state index >= 15 is 0 Å². The fourth-order valence-corrected chi connectivity index (χ4v) is 4.49. The number of hydrogen-bond acceptors (Lipinski definition) is 3. The summed E-state index contributed by atoms with van der Waals surface area (Å²) in [6, 6.07) is -3.22. The fourth-order valence-electron chi connectivity index (χ4n) is 4.49. The van der Waals surface area contributed by atoms with Gasteiger partial charge in [0.1, 0.15) is 0 Å². The maximum absolute atomic E-state index is 12.1. The van der Waals surface area contributed by atoms with Crippen molar-refractivity contribution in [2.24, 2.45) is 0 Å². The molecular weight excluding hydrogens is 374 g/mol. The standard InChI is InChI=1S/C22H39NO6/c1-5-9-10-11-12-13-14-15-16-23(17(6-2)20(24)25,18(7-3)21(26)27)19(8-4)22(28)29/h11-12,17-19H,5-10,13-16H2,1-4H3,(H2-,24,25,26,27,28,29)/p+1/b12-11+. The first-order chi connectivity index (χ1) is 13.7. The number of hydrogen-bond donors (Lipinski definition) is 3. The molecule has 0 saturated heterocycles. The molecule has 0 saturated carbocycles. The Morgan fingerprint density at radius 2 is 1.07 bits per heavy atom. The van der Waals surface area contributed by atoms with Crippen LogP contribution in [0, 0.1) is 0 Å². The highest BCUT2D eigenvalue weighted by Gasteiger charge is 2.55. The van der Waals surface area contributed by atoms with E-state index < -0.39 is 40.5 Å². The fraction of sp³-hybridized carbons (Fsp3) is 0.773. The van der Waals surface area contributed by atoms with Gasteiger partial charge in [0, 0.05) is 19.3 Å². The summed E-state index contributed by atoms with van der Waals surface area (Å²) in [6.45, 7) is 7.42. The van der Waals surface area contributed by atoms with Crippen molar-refractivity contribution in [3.8, 4) is 0 Å². The topological polar surface area (TPSA) is 112 Å². The van der Waals surface area contributed by atoms with Gasteiger partial charge in [-0.05, 0) is 25.7 Å². The van der Waals surface area contributed by atoms with Crippen LogP contribution in [0.4, 0.5) is 0 Å². The minimum atomic E-state index is -1.13. The second kappa shape index (κ2) is 14.1. The first kappa shape index (κ1) is 27.1. The zero-order valence-corrected chi connectivity index (χ0v) is 18.5. The molecule has 0 bridgehead atoms. The van der Waals surface area contributed by atoms with Crippen molar-refractivity contribution >= 4 is 17.9 Å². The summed E-state index contributed by atoms with van der Waals surface area (Å²) in [5.74, 6) is -3.40. The molecule has 0 aliphatic rings. The van der Waals surface area contributed by atoms with Gasteiger partial charge in [-0.15, -0.1) is 0 Å². The summed E-state index contributed by atoms with van der Waals surface area (Å²) in [5.41, 5.74) is 0. The Balaban J connectivity index is 5.85.